The van der Waals surface area contributed by atoms with Gasteiger partial charge in [0.25, 0.3) is 0 Å². The van der Waals surface area contributed by atoms with Crippen molar-refractivity contribution in [3.63, 3.8) is 0 Å². The molecule has 0 bridgehead atoms. The highest BCUT2D eigenvalue weighted by Gasteiger charge is 2.20. The van der Waals surface area contributed by atoms with E-state index in [1.54, 1.807) is 12.1 Å². The van der Waals surface area contributed by atoms with Gasteiger partial charge in [0.15, 0.2) is 0 Å². The Bertz CT molecular complexity index is 484. The monoisotopic (exact) mass is 261 g/mol. The van der Waals surface area contributed by atoms with Crippen LogP contribution in [0, 0.1) is 0 Å². The Labute approximate surface area is 113 Å². The summed E-state index contributed by atoms with van der Waals surface area (Å²) in [6.45, 7) is 6.13. The summed E-state index contributed by atoms with van der Waals surface area (Å²) in [5, 5.41) is 9.51. The number of rotatable bonds is 4. The summed E-state index contributed by atoms with van der Waals surface area (Å²) in [5.74, 6) is -0.349. The summed E-state index contributed by atoms with van der Waals surface area (Å²) in [6.07, 6.45) is 2.27. The number of hydrogen-bond acceptors (Lipinski definition) is 4. The molecule has 1 N–H and O–H groups in total. The predicted octanol–water partition coefficient (Wildman–Crippen LogP) is 1.68. The molecule has 1 aliphatic heterocycles. The molecule has 1 fully saturated rings. The lowest BCUT2D eigenvalue weighted by molar-refractivity contribution is 0.0600. The van der Waals surface area contributed by atoms with E-state index >= 15 is 0 Å². The average molecular weight is 261 g/mol. The smallest absolute Gasteiger partial charge is 0.338 e. The quantitative estimate of drug-likeness (QED) is 0.838. The van der Waals surface area contributed by atoms with Crippen LogP contribution in [0.15, 0.2) is 24.8 Å². The highest BCUT2D eigenvalue weighted by molar-refractivity contribution is 5.93. The van der Waals surface area contributed by atoms with Crippen molar-refractivity contribution >= 4 is 12.0 Å². The Morgan fingerprint density at radius 1 is 1.63 bits per heavy atom. The van der Waals surface area contributed by atoms with Crippen molar-refractivity contribution in [1.29, 1.82) is 0 Å². The van der Waals surface area contributed by atoms with Crippen molar-refractivity contribution in [2.45, 2.75) is 19.1 Å². The molecule has 0 aliphatic carbocycles. The number of hydrogen-bond donors (Lipinski definition) is 1. The van der Waals surface area contributed by atoms with Crippen molar-refractivity contribution < 1.29 is 14.6 Å². The lowest BCUT2D eigenvalue weighted by Crippen LogP contribution is -2.21. The van der Waals surface area contributed by atoms with Gasteiger partial charge >= 0.3 is 5.97 Å². The first-order chi connectivity index (χ1) is 9.13. The van der Waals surface area contributed by atoms with Crippen molar-refractivity contribution in [3.05, 3.63) is 41.5 Å². The van der Waals surface area contributed by atoms with Gasteiger partial charge in [0.2, 0.25) is 0 Å². The minimum absolute atomic E-state index is 0.215. The molecule has 4 nitrogen and oxygen atoms in total. The Morgan fingerprint density at radius 2 is 2.42 bits per heavy atom. The normalized spacial score (nSPS) is 19.4. The zero-order chi connectivity index (χ0) is 13.8. The number of aliphatic hydroxyl groups excluding tert-OH is 1. The number of carbonyl (C=O) groups is 1. The minimum atomic E-state index is -0.349. The van der Waals surface area contributed by atoms with E-state index in [1.807, 2.05) is 12.1 Å². The van der Waals surface area contributed by atoms with Gasteiger partial charge in [0.05, 0.1) is 18.8 Å². The molecule has 2 rings (SSSR count). The summed E-state index contributed by atoms with van der Waals surface area (Å²) in [5.41, 5.74) is 2.42. The number of ether oxygens (including phenoxy) is 1. The molecule has 0 saturated carbocycles. The number of aliphatic hydroxyl groups is 1. The van der Waals surface area contributed by atoms with Gasteiger partial charge in [-0.05, 0) is 29.7 Å². The Morgan fingerprint density at radius 3 is 3.00 bits per heavy atom. The molecule has 1 saturated heterocycles. The Balaban J connectivity index is 2.15. The predicted molar refractivity (Wildman–Crippen MR) is 73.8 cm³/mol. The number of esters is 1. The molecule has 1 aliphatic rings. The number of nitrogens with zero attached hydrogens (tertiary/aromatic N) is 1. The van der Waals surface area contributed by atoms with Crippen LogP contribution in [0.25, 0.3) is 6.08 Å². The Hall–Kier alpha value is -1.65. The van der Waals surface area contributed by atoms with E-state index in [0.29, 0.717) is 12.1 Å². The summed E-state index contributed by atoms with van der Waals surface area (Å²) >= 11 is 0. The maximum absolute atomic E-state index is 11.6. The van der Waals surface area contributed by atoms with Gasteiger partial charge in [0, 0.05) is 19.6 Å². The Kier molecular flexibility index (Phi) is 4.35. The van der Waals surface area contributed by atoms with E-state index in [2.05, 4.69) is 11.5 Å². The van der Waals surface area contributed by atoms with Gasteiger partial charge in [-0.25, -0.2) is 4.79 Å². The molecule has 19 heavy (non-hydrogen) atoms. The van der Waals surface area contributed by atoms with Crippen LogP contribution in [-0.2, 0) is 11.3 Å². The fraction of sp³-hybridized carbons (Fsp3) is 0.400. The van der Waals surface area contributed by atoms with Crippen LogP contribution in [0.2, 0.25) is 0 Å². The van der Waals surface area contributed by atoms with E-state index in [-0.39, 0.29) is 12.1 Å². The molecule has 0 unspecified atom stereocenters. The van der Waals surface area contributed by atoms with Gasteiger partial charge in [-0.2, -0.15) is 0 Å². The second kappa shape index (κ2) is 5.99. The molecule has 0 aromatic heterocycles. The van der Waals surface area contributed by atoms with Crippen molar-refractivity contribution in [1.82, 2.24) is 4.90 Å². The molecular formula is C15H19NO3. The molecule has 0 radical (unpaired) electrons. The molecule has 1 aromatic rings. The molecule has 1 atom stereocenters. The average Bonchev–Trinajstić information content (AvgIpc) is 2.83. The second-order valence-corrected chi connectivity index (χ2v) is 4.79. The first-order valence-electron chi connectivity index (χ1n) is 6.38. The summed E-state index contributed by atoms with van der Waals surface area (Å²) < 4.78 is 4.74. The number of β-amino-alcohol motifs (C(OH)–C–C–N with tert-alkyl or cyclic N) is 1. The minimum Gasteiger partial charge on any atom is -0.465 e. The van der Waals surface area contributed by atoms with Crippen LogP contribution in [0.3, 0.4) is 0 Å². The van der Waals surface area contributed by atoms with E-state index in [4.69, 9.17) is 4.74 Å². The van der Waals surface area contributed by atoms with E-state index in [9.17, 15) is 9.90 Å². The number of carbonyl (C=O) groups excluding carboxylic acids is 1. The topological polar surface area (TPSA) is 49.8 Å². The SMILES string of the molecule is C=Cc1cc(CN2CC[C@H](O)C2)ccc1C(=O)OC. The van der Waals surface area contributed by atoms with Crippen LogP contribution in [0.5, 0.6) is 0 Å². The molecule has 102 valence electrons. The van der Waals surface area contributed by atoms with Crippen molar-refractivity contribution in [2.24, 2.45) is 0 Å². The first-order valence-corrected chi connectivity index (χ1v) is 6.38. The van der Waals surface area contributed by atoms with Crippen LogP contribution >= 0.6 is 0 Å². The van der Waals surface area contributed by atoms with Gasteiger partial charge < -0.3 is 9.84 Å². The fourth-order valence-corrected chi connectivity index (χ4v) is 2.39. The van der Waals surface area contributed by atoms with E-state index in [1.165, 1.54) is 7.11 Å². The van der Waals surface area contributed by atoms with Gasteiger partial charge in [-0.15, -0.1) is 0 Å². The summed E-state index contributed by atoms with van der Waals surface area (Å²) in [6, 6.07) is 5.64. The van der Waals surface area contributed by atoms with E-state index in [0.717, 1.165) is 30.6 Å². The van der Waals surface area contributed by atoms with Crippen LogP contribution in [0.1, 0.15) is 27.9 Å². The third-order valence-corrected chi connectivity index (χ3v) is 3.39. The third-order valence-electron chi connectivity index (χ3n) is 3.39. The molecule has 4 heteroatoms. The fourth-order valence-electron chi connectivity index (χ4n) is 2.39. The zero-order valence-electron chi connectivity index (χ0n) is 11.1. The molecular weight excluding hydrogens is 242 g/mol. The standard InChI is InChI=1S/C15H19NO3/c1-3-12-8-11(4-5-14(12)15(18)19-2)9-16-7-6-13(17)10-16/h3-5,8,13,17H,1,6-7,9-10H2,2H3/t13-/m0/s1. The van der Waals surface area contributed by atoms with E-state index < -0.39 is 0 Å². The van der Waals surface area contributed by atoms with Crippen molar-refractivity contribution in [3.8, 4) is 0 Å². The molecule has 0 spiro atoms. The lowest BCUT2D eigenvalue weighted by Gasteiger charge is -2.16. The maximum atomic E-state index is 11.6. The van der Waals surface area contributed by atoms with Crippen molar-refractivity contribution in [2.75, 3.05) is 20.2 Å². The maximum Gasteiger partial charge on any atom is 0.338 e. The lowest BCUT2D eigenvalue weighted by atomic mass is 10.0. The molecule has 1 heterocycles. The summed E-state index contributed by atoms with van der Waals surface area (Å²) in [4.78, 5) is 13.8. The number of benzene rings is 1. The zero-order valence-corrected chi connectivity index (χ0v) is 11.1. The third kappa shape index (κ3) is 3.22. The molecule has 1 aromatic carbocycles. The van der Waals surface area contributed by atoms with Gasteiger partial charge in [-0.3, -0.25) is 4.90 Å². The van der Waals surface area contributed by atoms with Gasteiger partial charge in [0.1, 0.15) is 0 Å². The van der Waals surface area contributed by atoms with Crippen LogP contribution in [-0.4, -0.2) is 42.3 Å². The summed E-state index contributed by atoms with van der Waals surface area (Å²) in [7, 11) is 1.37. The number of likely N-dealkylation sites (tertiary alicyclic amines) is 1. The molecule has 0 amide bonds. The highest BCUT2D eigenvalue weighted by Crippen LogP contribution is 2.18. The highest BCUT2D eigenvalue weighted by atomic mass is 16.5. The first kappa shape index (κ1) is 13.8. The largest absolute Gasteiger partial charge is 0.465 e. The van der Waals surface area contributed by atoms with Gasteiger partial charge in [-0.1, -0.05) is 18.7 Å². The number of methoxy groups -OCH3 is 1. The van der Waals surface area contributed by atoms with Crippen LogP contribution in [0.4, 0.5) is 0 Å². The van der Waals surface area contributed by atoms with Crippen LogP contribution < -0.4 is 0 Å². The second-order valence-electron chi connectivity index (χ2n) is 4.79.